The Morgan fingerprint density at radius 3 is 2.48 bits per heavy atom. The number of hydrogen-bond acceptors (Lipinski definition) is 5. The molecule has 0 aliphatic rings. The first-order valence-corrected chi connectivity index (χ1v) is 7.65. The molecule has 4 aromatic rings. The lowest BCUT2D eigenvalue weighted by atomic mass is 10.2. The largest absolute Gasteiger partial charge is 0.235 e. The monoisotopic (exact) mass is 310 g/mol. The van der Waals surface area contributed by atoms with Crippen LogP contribution in [0.4, 0.5) is 0 Å². The number of fused-ring (bicyclic) bond motifs is 1. The van der Waals surface area contributed by atoms with E-state index < -0.39 is 0 Å². The predicted molar refractivity (Wildman–Crippen MR) is 86.8 cm³/mol. The van der Waals surface area contributed by atoms with Crippen LogP contribution >= 0.6 is 24.0 Å². The number of nitrogens with zero attached hydrogens (tertiary/aromatic N) is 4. The smallest absolute Gasteiger partial charge is 0.182 e. The first kappa shape index (κ1) is 12.6. The highest BCUT2D eigenvalue weighted by Crippen LogP contribution is 2.31. The Morgan fingerprint density at radius 2 is 1.67 bits per heavy atom. The molecule has 0 bridgehead atoms. The number of benzene rings is 2. The van der Waals surface area contributed by atoms with Gasteiger partial charge in [0.15, 0.2) is 5.82 Å². The molecule has 2 aromatic carbocycles. The van der Waals surface area contributed by atoms with Crippen molar-refractivity contribution in [2.24, 2.45) is 0 Å². The molecule has 0 unspecified atom stereocenters. The van der Waals surface area contributed by atoms with Crippen LogP contribution in [0.2, 0.25) is 0 Å². The second-order valence-electron chi connectivity index (χ2n) is 4.51. The molecule has 0 radical (unpaired) electrons. The van der Waals surface area contributed by atoms with E-state index in [0.29, 0.717) is 0 Å². The molecule has 4 nitrogen and oxygen atoms in total. The van der Waals surface area contributed by atoms with Crippen molar-refractivity contribution in [2.45, 2.75) is 4.90 Å². The molecule has 2 heterocycles. The Morgan fingerprint density at radius 1 is 0.905 bits per heavy atom. The van der Waals surface area contributed by atoms with E-state index in [1.807, 2.05) is 54.6 Å². The molecule has 0 amide bonds. The van der Waals surface area contributed by atoms with E-state index >= 15 is 0 Å². The third-order valence-electron chi connectivity index (χ3n) is 3.16. The van der Waals surface area contributed by atoms with Crippen molar-refractivity contribution in [2.75, 3.05) is 0 Å². The van der Waals surface area contributed by atoms with Crippen molar-refractivity contribution in [3.63, 3.8) is 0 Å². The Hall–Kier alpha value is -2.18. The summed E-state index contributed by atoms with van der Waals surface area (Å²) in [5.74, 6) is 0.754. The summed E-state index contributed by atoms with van der Waals surface area (Å²) in [4.78, 5) is 1.68. The lowest BCUT2D eigenvalue weighted by Crippen LogP contribution is -1.90. The van der Waals surface area contributed by atoms with Gasteiger partial charge in [-0.2, -0.15) is 9.61 Å². The molecule has 0 aliphatic heterocycles. The standard InChI is InChI=1S/C15H10N4S2/c20-12-9-5-4-8-11(12)14-18-19-13(16-17-15(19)21-14)10-6-2-1-3-7-10/h1-9,20H. The molecular weight excluding hydrogens is 300 g/mol. The van der Waals surface area contributed by atoms with Crippen LogP contribution in [0.25, 0.3) is 26.9 Å². The zero-order valence-corrected chi connectivity index (χ0v) is 12.6. The highest BCUT2D eigenvalue weighted by Gasteiger charge is 2.15. The Bertz CT molecular complexity index is 912. The number of rotatable bonds is 2. The third-order valence-corrected chi connectivity index (χ3v) is 4.48. The highest BCUT2D eigenvalue weighted by atomic mass is 32.1. The Labute approximate surface area is 130 Å². The summed E-state index contributed by atoms with van der Waals surface area (Å²) in [5.41, 5.74) is 2.01. The van der Waals surface area contributed by atoms with E-state index in [2.05, 4.69) is 27.9 Å². The van der Waals surface area contributed by atoms with Gasteiger partial charge < -0.3 is 0 Å². The lowest BCUT2D eigenvalue weighted by molar-refractivity contribution is 0.969. The van der Waals surface area contributed by atoms with Crippen molar-refractivity contribution in [3.8, 4) is 22.0 Å². The highest BCUT2D eigenvalue weighted by molar-refractivity contribution is 7.80. The van der Waals surface area contributed by atoms with E-state index in [1.54, 1.807) is 4.52 Å². The zero-order valence-electron chi connectivity index (χ0n) is 10.8. The zero-order chi connectivity index (χ0) is 14.2. The molecule has 0 spiro atoms. The van der Waals surface area contributed by atoms with Crippen molar-refractivity contribution < 1.29 is 0 Å². The second-order valence-corrected chi connectivity index (χ2v) is 5.95. The molecule has 0 fully saturated rings. The first-order valence-electron chi connectivity index (χ1n) is 6.39. The van der Waals surface area contributed by atoms with Gasteiger partial charge in [-0.25, -0.2) is 0 Å². The molecule has 4 rings (SSSR count). The SMILES string of the molecule is Sc1ccccc1-c1nn2c(-c3ccccc3)nnc2s1. The Balaban J connectivity index is 1.89. The van der Waals surface area contributed by atoms with Crippen molar-refractivity contribution in [1.82, 2.24) is 19.8 Å². The van der Waals surface area contributed by atoms with Crippen molar-refractivity contribution in [3.05, 3.63) is 54.6 Å². The second kappa shape index (κ2) is 4.98. The van der Waals surface area contributed by atoms with Gasteiger partial charge in [-0.1, -0.05) is 59.9 Å². The predicted octanol–water partition coefficient (Wildman–Crippen LogP) is 3.81. The van der Waals surface area contributed by atoms with Gasteiger partial charge in [0.25, 0.3) is 0 Å². The van der Waals surface area contributed by atoms with Gasteiger partial charge in [-0.3, -0.25) is 0 Å². The van der Waals surface area contributed by atoms with Crippen LogP contribution in [0.1, 0.15) is 0 Å². The van der Waals surface area contributed by atoms with Gasteiger partial charge in [0.2, 0.25) is 4.96 Å². The quantitative estimate of drug-likeness (QED) is 0.573. The van der Waals surface area contributed by atoms with E-state index in [1.165, 1.54) is 11.3 Å². The molecule has 102 valence electrons. The lowest BCUT2D eigenvalue weighted by Gasteiger charge is -1.99. The fourth-order valence-electron chi connectivity index (χ4n) is 2.15. The number of thiol groups is 1. The molecule has 6 heteroatoms. The summed E-state index contributed by atoms with van der Waals surface area (Å²) < 4.78 is 1.79. The average Bonchev–Trinajstić information content (AvgIpc) is 3.08. The van der Waals surface area contributed by atoms with Gasteiger partial charge in [-0.05, 0) is 6.07 Å². The van der Waals surface area contributed by atoms with E-state index in [4.69, 9.17) is 0 Å². The minimum Gasteiger partial charge on any atom is -0.182 e. The fraction of sp³-hybridized carbons (Fsp3) is 0. The summed E-state index contributed by atoms with van der Waals surface area (Å²) >= 11 is 6.00. The van der Waals surface area contributed by atoms with Crippen LogP contribution in [0.5, 0.6) is 0 Å². The average molecular weight is 310 g/mol. The van der Waals surface area contributed by atoms with Gasteiger partial charge in [0.1, 0.15) is 5.01 Å². The summed E-state index contributed by atoms with van der Waals surface area (Å²) in [6.45, 7) is 0. The molecule has 0 atom stereocenters. The molecule has 2 aromatic heterocycles. The molecule has 0 saturated carbocycles. The summed E-state index contributed by atoms with van der Waals surface area (Å²) in [6, 6.07) is 17.8. The van der Waals surface area contributed by atoms with E-state index in [0.717, 1.165) is 31.8 Å². The molecule has 21 heavy (non-hydrogen) atoms. The van der Waals surface area contributed by atoms with E-state index in [-0.39, 0.29) is 0 Å². The molecule has 0 aliphatic carbocycles. The summed E-state index contributed by atoms with van der Waals surface area (Å²) in [5, 5.41) is 14.0. The number of aromatic nitrogens is 4. The molecular formula is C15H10N4S2. The van der Waals surface area contributed by atoms with Crippen LogP contribution in [-0.2, 0) is 0 Å². The maximum Gasteiger partial charge on any atom is 0.235 e. The van der Waals surface area contributed by atoms with Gasteiger partial charge in [0.05, 0.1) is 0 Å². The maximum absolute atomic E-state index is 4.64. The molecule has 0 saturated heterocycles. The maximum atomic E-state index is 4.64. The van der Waals surface area contributed by atoms with Crippen molar-refractivity contribution >= 4 is 28.9 Å². The normalized spacial score (nSPS) is 11.1. The van der Waals surface area contributed by atoms with E-state index in [9.17, 15) is 0 Å². The van der Waals surface area contributed by atoms with Crippen LogP contribution < -0.4 is 0 Å². The number of hydrogen-bond donors (Lipinski definition) is 1. The first-order chi connectivity index (χ1) is 10.3. The fourth-order valence-corrected chi connectivity index (χ4v) is 3.37. The van der Waals surface area contributed by atoms with Gasteiger partial charge in [0, 0.05) is 16.0 Å². The third kappa shape index (κ3) is 2.12. The van der Waals surface area contributed by atoms with Crippen molar-refractivity contribution in [1.29, 1.82) is 0 Å². The summed E-state index contributed by atoms with van der Waals surface area (Å²) in [7, 11) is 0. The summed E-state index contributed by atoms with van der Waals surface area (Å²) in [6.07, 6.45) is 0. The van der Waals surface area contributed by atoms with Crippen LogP contribution in [-0.4, -0.2) is 19.8 Å². The van der Waals surface area contributed by atoms with Crippen LogP contribution in [0.15, 0.2) is 59.5 Å². The Kier molecular flexibility index (Phi) is 2.98. The van der Waals surface area contributed by atoms with Crippen LogP contribution in [0, 0.1) is 0 Å². The van der Waals surface area contributed by atoms with Crippen LogP contribution in [0.3, 0.4) is 0 Å². The minimum atomic E-state index is 0.754. The minimum absolute atomic E-state index is 0.754. The molecule has 0 N–H and O–H groups in total. The van der Waals surface area contributed by atoms with Gasteiger partial charge >= 0.3 is 0 Å². The van der Waals surface area contributed by atoms with Gasteiger partial charge in [-0.15, -0.1) is 22.8 Å². The topological polar surface area (TPSA) is 43.1 Å².